The van der Waals surface area contributed by atoms with Gasteiger partial charge in [-0.1, -0.05) is 0 Å². The van der Waals surface area contributed by atoms with Crippen LogP contribution in [-0.4, -0.2) is 27.4 Å². The molecule has 0 radical (unpaired) electrons. The van der Waals surface area contributed by atoms with Gasteiger partial charge < -0.3 is 10.1 Å². The number of amides is 2. The second-order valence-electron chi connectivity index (χ2n) is 8.27. The summed E-state index contributed by atoms with van der Waals surface area (Å²) < 4.78 is 46.2. The third-order valence-electron chi connectivity index (χ3n) is 4.52. The predicted octanol–water partition coefficient (Wildman–Crippen LogP) is 4.53. The Morgan fingerprint density at radius 1 is 1.17 bits per heavy atom. The summed E-state index contributed by atoms with van der Waals surface area (Å²) in [6, 6.07) is 2.72. The van der Waals surface area contributed by atoms with Crippen molar-refractivity contribution in [1.82, 2.24) is 9.78 Å². The van der Waals surface area contributed by atoms with Crippen LogP contribution in [0.15, 0.2) is 30.6 Å². The van der Waals surface area contributed by atoms with Crippen molar-refractivity contribution >= 4 is 23.4 Å². The molecule has 1 aromatic carbocycles. The van der Waals surface area contributed by atoms with Crippen LogP contribution in [0.4, 0.5) is 29.3 Å². The first-order valence-corrected chi connectivity index (χ1v) is 9.34. The first kappa shape index (κ1) is 21.7. The summed E-state index contributed by atoms with van der Waals surface area (Å²) >= 11 is 0. The number of benzene rings is 1. The summed E-state index contributed by atoms with van der Waals surface area (Å²) in [4.78, 5) is 24.7. The number of nitrogens with one attached hydrogen (secondary N) is 2. The number of hydrogen-bond acceptors (Lipinski definition) is 4. The molecule has 1 fully saturated rings. The van der Waals surface area contributed by atoms with Crippen LogP contribution in [0.2, 0.25) is 0 Å². The summed E-state index contributed by atoms with van der Waals surface area (Å²) in [7, 11) is 1.76. The summed E-state index contributed by atoms with van der Waals surface area (Å²) in [6.45, 7) is 4.98. The minimum absolute atomic E-state index is 0.0178. The molecule has 10 heteroatoms. The summed E-state index contributed by atoms with van der Waals surface area (Å²) in [5.74, 6) is -0.833. The van der Waals surface area contributed by atoms with Gasteiger partial charge in [-0.25, -0.2) is 4.79 Å². The van der Waals surface area contributed by atoms with Crippen LogP contribution in [0.1, 0.15) is 44.2 Å². The van der Waals surface area contributed by atoms with E-state index in [1.165, 1.54) is 0 Å². The van der Waals surface area contributed by atoms with E-state index < -0.39 is 29.3 Å². The number of anilines is 2. The zero-order valence-corrected chi connectivity index (χ0v) is 17.0. The molecule has 2 amide bonds. The smallest absolute Gasteiger partial charge is 0.416 e. The molecule has 1 heterocycles. The van der Waals surface area contributed by atoms with Crippen LogP contribution in [0.3, 0.4) is 0 Å². The molecule has 162 valence electrons. The van der Waals surface area contributed by atoms with Crippen molar-refractivity contribution in [3.63, 3.8) is 0 Å². The SMILES string of the molecule is Cn1cc(C2CC2C(=O)Nc2cc(C(F)(F)F)ccc2NC(=O)OC(C)(C)C)cn1. The number of halogens is 3. The molecule has 0 aliphatic heterocycles. The van der Waals surface area contributed by atoms with Gasteiger partial charge in [0.05, 0.1) is 23.1 Å². The highest BCUT2D eigenvalue weighted by Crippen LogP contribution is 2.48. The molecule has 2 atom stereocenters. The molecule has 1 aliphatic rings. The largest absolute Gasteiger partial charge is 0.444 e. The fourth-order valence-corrected chi connectivity index (χ4v) is 3.06. The topological polar surface area (TPSA) is 85.2 Å². The zero-order valence-electron chi connectivity index (χ0n) is 17.0. The number of aryl methyl sites for hydroxylation is 1. The average molecular weight is 424 g/mol. The predicted molar refractivity (Wildman–Crippen MR) is 104 cm³/mol. The number of nitrogens with zero attached hydrogens (tertiary/aromatic N) is 2. The van der Waals surface area contributed by atoms with Crippen molar-refractivity contribution in [3.8, 4) is 0 Å². The standard InChI is InChI=1S/C20H23F3N4O3/c1-19(2,3)30-18(29)26-15-6-5-12(20(21,22)23)7-16(15)25-17(28)14-8-13(14)11-9-24-27(4)10-11/h5-7,9-10,13-14H,8H2,1-4H3,(H,25,28)(H,26,29). The third-order valence-corrected chi connectivity index (χ3v) is 4.52. The lowest BCUT2D eigenvalue weighted by atomic mass is 10.1. The van der Waals surface area contributed by atoms with Crippen molar-refractivity contribution in [2.75, 3.05) is 10.6 Å². The van der Waals surface area contributed by atoms with Crippen LogP contribution in [0, 0.1) is 5.92 Å². The molecule has 0 saturated heterocycles. The van der Waals surface area contributed by atoms with Crippen molar-refractivity contribution in [1.29, 1.82) is 0 Å². The lowest BCUT2D eigenvalue weighted by Crippen LogP contribution is -2.28. The Morgan fingerprint density at radius 3 is 2.43 bits per heavy atom. The quantitative estimate of drug-likeness (QED) is 0.755. The number of carbonyl (C=O) groups is 2. The average Bonchev–Trinajstić information content (AvgIpc) is 3.28. The lowest BCUT2D eigenvalue weighted by Gasteiger charge is -2.21. The molecule has 1 saturated carbocycles. The van der Waals surface area contributed by atoms with E-state index in [0.717, 1.165) is 23.8 Å². The Bertz CT molecular complexity index is 963. The van der Waals surface area contributed by atoms with E-state index in [4.69, 9.17) is 4.74 Å². The molecule has 2 unspecified atom stereocenters. The van der Waals surface area contributed by atoms with Gasteiger partial charge in [-0.3, -0.25) is 14.8 Å². The molecule has 2 N–H and O–H groups in total. The molecule has 30 heavy (non-hydrogen) atoms. The Balaban J connectivity index is 1.78. The maximum absolute atomic E-state index is 13.1. The number of ether oxygens (including phenoxy) is 1. The minimum atomic E-state index is -4.60. The second-order valence-corrected chi connectivity index (χ2v) is 8.27. The van der Waals surface area contributed by atoms with E-state index >= 15 is 0 Å². The van der Waals surface area contributed by atoms with Gasteiger partial charge in [-0.2, -0.15) is 18.3 Å². The van der Waals surface area contributed by atoms with Gasteiger partial charge in [0.1, 0.15) is 5.60 Å². The molecule has 0 bridgehead atoms. The molecule has 1 aliphatic carbocycles. The van der Waals surface area contributed by atoms with Gasteiger partial charge in [0.25, 0.3) is 0 Å². The Morgan fingerprint density at radius 2 is 1.87 bits per heavy atom. The maximum Gasteiger partial charge on any atom is 0.416 e. The fourth-order valence-electron chi connectivity index (χ4n) is 3.06. The van der Waals surface area contributed by atoms with Gasteiger partial charge in [0, 0.05) is 19.2 Å². The summed E-state index contributed by atoms with van der Waals surface area (Å²) in [5.41, 5.74) is -0.952. The number of aromatic nitrogens is 2. The number of rotatable bonds is 4. The van der Waals surface area contributed by atoms with E-state index in [9.17, 15) is 22.8 Å². The van der Waals surface area contributed by atoms with Gasteiger partial charge in [0.15, 0.2) is 0 Å². The molecular formula is C20H23F3N4O3. The van der Waals surface area contributed by atoms with E-state index in [-0.39, 0.29) is 23.2 Å². The molecular weight excluding hydrogens is 401 g/mol. The van der Waals surface area contributed by atoms with Crippen LogP contribution in [0.5, 0.6) is 0 Å². The van der Waals surface area contributed by atoms with Gasteiger partial charge >= 0.3 is 12.3 Å². The zero-order chi connectivity index (χ0) is 22.3. The highest BCUT2D eigenvalue weighted by atomic mass is 19.4. The maximum atomic E-state index is 13.1. The van der Waals surface area contributed by atoms with Crippen LogP contribution < -0.4 is 10.6 Å². The Labute approximate surface area is 171 Å². The van der Waals surface area contributed by atoms with Crippen molar-refractivity contribution in [3.05, 3.63) is 41.7 Å². The molecule has 1 aromatic heterocycles. The van der Waals surface area contributed by atoms with Crippen molar-refractivity contribution < 1.29 is 27.5 Å². The Kier molecular flexibility index (Phi) is 5.53. The van der Waals surface area contributed by atoms with E-state index in [2.05, 4.69) is 15.7 Å². The van der Waals surface area contributed by atoms with Crippen LogP contribution in [-0.2, 0) is 22.8 Å². The number of hydrogen-bond donors (Lipinski definition) is 2. The monoisotopic (exact) mass is 424 g/mol. The van der Waals surface area contributed by atoms with Gasteiger partial charge in [0.2, 0.25) is 5.91 Å². The first-order valence-electron chi connectivity index (χ1n) is 9.34. The van der Waals surface area contributed by atoms with Crippen LogP contribution >= 0.6 is 0 Å². The lowest BCUT2D eigenvalue weighted by molar-refractivity contribution is -0.137. The normalized spacial score (nSPS) is 18.6. The molecule has 7 nitrogen and oxygen atoms in total. The summed E-state index contributed by atoms with van der Waals surface area (Å²) in [6.07, 6.45) is -1.39. The number of alkyl halides is 3. The van der Waals surface area contributed by atoms with E-state index in [0.29, 0.717) is 6.42 Å². The second kappa shape index (κ2) is 7.66. The van der Waals surface area contributed by atoms with Gasteiger partial charge in [-0.05, 0) is 56.9 Å². The van der Waals surface area contributed by atoms with E-state index in [1.54, 1.807) is 44.9 Å². The van der Waals surface area contributed by atoms with Crippen LogP contribution in [0.25, 0.3) is 0 Å². The highest BCUT2D eigenvalue weighted by Gasteiger charge is 2.45. The molecule has 2 aromatic rings. The van der Waals surface area contributed by atoms with Crippen molar-refractivity contribution in [2.45, 2.75) is 44.9 Å². The Hall–Kier alpha value is -3.04. The first-order chi connectivity index (χ1) is 13.8. The number of carbonyl (C=O) groups excluding carboxylic acids is 2. The minimum Gasteiger partial charge on any atom is -0.444 e. The molecule has 0 spiro atoms. The summed E-state index contributed by atoms with van der Waals surface area (Å²) in [5, 5.41) is 8.99. The molecule has 3 rings (SSSR count). The van der Waals surface area contributed by atoms with E-state index in [1.807, 2.05) is 0 Å². The highest BCUT2D eigenvalue weighted by molar-refractivity contribution is 6.00. The van der Waals surface area contributed by atoms with Gasteiger partial charge in [-0.15, -0.1) is 0 Å². The van der Waals surface area contributed by atoms with Crippen molar-refractivity contribution in [2.24, 2.45) is 13.0 Å². The fraction of sp³-hybridized carbons (Fsp3) is 0.450. The third kappa shape index (κ3) is 5.31.